The van der Waals surface area contributed by atoms with Gasteiger partial charge >= 0.3 is 0 Å². The highest BCUT2D eigenvalue weighted by molar-refractivity contribution is 5.88. The van der Waals surface area contributed by atoms with E-state index >= 15 is 0 Å². The Morgan fingerprint density at radius 1 is 1.12 bits per heavy atom. The molecule has 0 atom stereocenters. The Labute approximate surface area is 145 Å². The van der Waals surface area contributed by atoms with Gasteiger partial charge in [-0.1, -0.05) is 18.2 Å². The van der Waals surface area contributed by atoms with Crippen LogP contribution < -0.4 is 11.1 Å². The Bertz CT molecular complexity index is 1040. The Kier molecular flexibility index (Phi) is 4.03. The third-order valence-corrected chi connectivity index (χ3v) is 4.26. The molecule has 0 aliphatic rings. The number of rotatable bonds is 5. The topological polar surface area (TPSA) is 81.1 Å². The van der Waals surface area contributed by atoms with E-state index in [2.05, 4.69) is 37.7 Å². The number of fused-ring (bicyclic) bond motifs is 2. The van der Waals surface area contributed by atoms with Crippen molar-refractivity contribution in [2.24, 2.45) is 5.73 Å². The molecule has 6 nitrogen and oxygen atoms in total. The van der Waals surface area contributed by atoms with Gasteiger partial charge in [-0.25, -0.2) is 15.0 Å². The van der Waals surface area contributed by atoms with E-state index in [0.29, 0.717) is 19.5 Å². The van der Waals surface area contributed by atoms with E-state index < -0.39 is 0 Å². The number of hydrogen-bond donors (Lipinski definition) is 2. The summed E-state index contributed by atoms with van der Waals surface area (Å²) >= 11 is 0. The van der Waals surface area contributed by atoms with E-state index in [-0.39, 0.29) is 0 Å². The Hall–Kier alpha value is -2.99. The summed E-state index contributed by atoms with van der Waals surface area (Å²) in [6.07, 6.45) is 4.60. The summed E-state index contributed by atoms with van der Waals surface area (Å²) in [6.45, 7) is 3.23. The molecule has 0 fully saturated rings. The van der Waals surface area contributed by atoms with Gasteiger partial charge in [0.25, 0.3) is 0 Å². The zero-order chi connectivity index (χ0) is 17.2. The van der Waals surface area contributed by atoms with Gasteiger partial charge in [-0.05, 0) is 37.2 Å². The van der Waals surface area contributed by atoms with Crippen LogP contribution in [0.1, 0.15) is 17.1 Å². The summed E-state index contributed by atoms with van der Waals surface area (Å²) in [4.78, 5) is 13.8. The summed E-state index contributed by atoms with van der Waals surface area (Å²) in [5, 5.41) is 4.46. The van der Waals surface area contributed by atoms with E-state index in [1.165, 1.54) is 0 Å². The number of hydrogen-bond acceptors (Lipinski definition) is 5. The molecule has 0 saturated carbocycles. The highest BCUT2D eigenvalue weighted by atomic mass is 15.1. The smallest absolute Gasteiger partial charge is 0.139 e. The molecule has 0 spiro atoms. The normalized spacial score (nSPS) is 11.3. The quantitative estimate of drug-likeness (QED) is 0.587. The molecule has 1 aromatic carbocycles. The average molecular weight is 332 g/mol. The molecule has 4 aromatic rings. The number of aromatic nitrogens is 4. The zero-order valence-electron chi connectivity index (χ0n) is 14.1. The van der Waals surface area contributed by atoms with Crippen LogP contribution in [0.2, 0.25) is 0 Å². The van der Waals surface area contributed by atoms with Crippen LogP contribution >= 0.6 is 0 Å². The van der Waals surface area contributed by atoms with Crippen molar-refractivity contribution in [3.63, 3.8) is 0 Å². The van der Waals surface area contributed by atoms with Gasteiger partial charge in [-0.3, -0.25) is 0 Å². The first-order valence-corrected chi connectivity index (χ1v) is 8.37. The molecular formula is C19H20N6. The van der Waals surface area contributed by atoms with Crippen molar-refractivity contribution in [3.8, 4) is 0 Å². The molecule has 3 aromatic heterocycles. The molecular weight excluding hydrogens is 312 g/mol. The van der Waals surface area contributed by atoms with Gasteiger partial charge in [0.05, 0.1) is 24.0 Å². The molecule has 0 bridgehead atoms. The molecule has 0 amide bonds. The van der Waals surface area contributed by atoms with Crippen molar-refractivity contribution in [2.45, 2.75) is 19.9 Å². The molecule has 0 unspecified atom stereocenters. The van der Waals surface area contributed by atoms with E-state index in [9.17, 15) is 0 Å². The van der Waals surface area contributed by atoms with Crippen LogP contribution in [0, 0.1) is 6.92 Å². The van der Waals surface area contributed by atoms with Gasteiger partial charge in [-0.15, -0.1) is 0 Å². The van der Waals surface area contributed by atoms with Gasteiger partial charge < -0.3 is 15.5 Å². The largest absolute Gasteiger partial charge is 0.364 e. The first-order chi connectivity index (χ1) is 12.3. The fourth-order valence-electron chi connectivity index (χ4n) is 3.01. The summed E-state index contributed by atoms with van der Waals surface area (Å²) in [7, 11) is 0. The lowest BCUT2D eigenvalue weighted by atomic mass is 10.2. The number of benzene rings is 1. The first-order valence-electron chi connectivity index (χ1n) is 8.37. The van der Waals surface area contributed by atoms with Crippen molar-refractivity contribution < 1.29 is 0 Å². The molecule has 0 radical (unpaired) electrons. The maximum absolute atomic E-state index is 5.67. The monoisotopic (exact) mass is 332 g/mol. The molecule has 0 aliphatic carbocycles. The van der Waals surface area contributed by atoms with Crippen molar-refractivity contribution >= 4 is 22.4 Å². The summed E-state index contributed by atoms with van der Waals surface area (Å²) in [5.74, 6) is 1.59. The van der Waals surface area contributed by atoms with Gasteiger partial charge in [-0.2, -0.15) is 0 Å². The van der Waals surface area contributed by atoms with Gasteiger partial charge in [0.2, 0.25) is 0 Å². The molecule has 25 heavy (non-hydrogen) atoms. The predicted octanol–water partition coefficient (Wildman–Crippen LogP) is 2.70. The molecule has 3 N–H and O–H groups in total. The van der Waals surface area contributed by atoms with E-state index in [0.717, 1.165) is 39.4 Å². The molecule has 4 rings (SSSR count). The zero-order valence-corrected chi connectivity index (χ0v) is 14.1. The number of para-hydroxylation sites is 1. The SMILES string of the molecule is Cc1cccn2c(CNc3nc(CCN)nc4ccccc34)cnc12. The fourth-order valence-corrected chi connectivity index (χ4v) is 3.01. The van der Waals surface area contributed by atoms with Crippen LogP contribution in [0.25, 0.3) is 16.6 Å². The summed E-state index contributed by atoms with van der Waals surface area (Å²) in [5.41, 5.74) is 9.82. The lowest BCUT2D eigenvalue weighted by molar-refractivity contribution is 0.875. The van der Waals surface area contributed by atoms with Gasteiger partial charge in [0, 0.05) is 18.0 Å². The van der Waals surface area contributed by atoms with Gasteiger partial charge in [0.15, 0.2) is 0 Å². The minimum absolute atomic E-state index is 0.532. The van der Waals surface area contributed by atoms with E-state index in [1.54, 1.807) is 0 Å². The molecule has 0 saturated heterocycles. The number of nitrogens with one attached hydrogen (secondary N) is 1. The van der Waals surface area contributed by atoms with Crippen LogP contribution in [0.4, 0.5) is 5.82 Å². The highest BCUT2D eigenvalue weighted by Gasteiger charge is 2.09. The minimum Gasteiger partial charge on any atom is -0.364 e. The van der Waals surface area contributed by atoms with Crippen LogP contribution in [0.15, 0.2) is 48.8 Å². The second kappa shape index (κ2) is 6.49. The van der Waals surface area contributed by atoms with E-state index in [1.807, 2.05) is 42.7 Å². The van der Waals surface area contributed by atoms with Crippen molar-refractivity contribution in [3.05, 3.63) is 65.9 Å². The standard InChI is InChI=1S/C19H20N6/c1-13-5-4-10-25-14(12-22-19(13)25)11-21-18-15-6-2-3-7-16(15)23-17(24-18)8-9-20/h2-7,10,12H,8-9,11,20H2,1H3,(H,21,23,24). The van der Waals surface area contributed by atoms with Crippen LogP contribution in [0.5, 0.6) is 0 Å². The predicted molar refractivity (Wildman–Crippen MR) is 99.6 cm³/mol. The third-order valence-electron chi connectivity index (χ3n) is 4.26. The summed E-state index contributed by atoms with van der Waals surface area (Å²) in [6, 6.07) is 12.1. The van der Waals surface area contributed by atoms with Crippen molar-refractivity contribution in [2.75, 3.05) is 11.9 Å². The Morgan fingerprint density at radius 3 is 2.88 bits per heavy atom. The second-order valence-corrected chi connectivity index (χ2v) is 6.03. The number of imidazole rings is 1. The molecule has 3 heterocycles. The lowest BCUT2D eigenvalue weighted by Gasteiger charge is -2.11. The van der Waals surface area contributed by atoms with Crippen LogP contribution in [-0.4, -0.2) is 25.9 Å². The van der Waals surface area contributed by atoms with Crippen LogP contribution in [0.3, 0.4) is 0 Å². The maximum atomic E-state index is 5.67. The fraction of sp³-hybridized carbons (Fsp3) is 0.211. The first kappa shape index (κ1) is 15.5. The number of pyridine rings is 1. The lowest BCUT2D eigenvalue weighted by Crippen LogP contribution is -2.10. The molecule has 6 heteroatoms. The number of nitrogens with zero attached hydrogens (tertiary/aromatic N) is 4. The Morgan fingerprint density at radius 2 is 2.00 bits per heavy atom. The number of aryl methyl sites for hydroxylation is 1. The molecule has 0 aliphatic heterocycles. The number of anilines is 1. The Balaban J connectivity index is 1.69. The van der Waals surface area contributed by atoms with Crippen LogP contribution in [-0.2, 0) is 13.0 Å². The van der Waals surface area contributed by atoms with Gasteiger partial charge in [0.1, 0.15) is 17.3 Å². The highest BCUT2D eigenvalue weighted by Crippen LogP contribution is 2.21. The maximum Gasteiger partial charge on any atom is 0.139 e. The number of nitrogens with two attached hydrogens (primary N) is 1. The molecule has 126 valence electrons. The average Bonchev–Trinajstić information content (AvgIpc) is 3.04. The van der Waals surface area contributed by atoms with E-state index in [4.69, 9.17) is 5.73 Å². The second-order valence-electron chi connectivity index (χ2n) is 6.03. The third kappa shape index (κ3) is 2.92. The van der Waals surface area contributed by atoms with Crippen molar-refractivity contribution in [1.29, 1.82) is 0 Å². The minimum atomic E-state index is 0.532. The summed E-state index contributed by atoms with van der Waals surface area (Å²) < 4.78 is 2.10. The van der Waals surface area contributed by atoms with Crippen molar-refractivity contribution in [1.82, 2.24) is 19.4 Å².